The topological polar surface area (TPSA) is 94.0 Å². The second-order valence-corrected chi connectivity index (χ2v) is 4.59. The number of nitrogens with zero attached hydrogens (tertiary/aromatic N) is 4. The molecule has 1 amide bonds. The molecular weight excluding hydrogens is 308 g/mol. The second-order valence-electron chi connectivity index (χ2n) is 4.59. The second kappa shape index (κ2) is 8.30. The Morgan fingerprint density at radius 3 is 2.82 bits per heavy atom. The lowest BCUT2D eigenvalue weighted by atomic mass is 10.1. The number of ether oxygens (including phenoxy) is 1. The van der Waals surface area contributed by atoms with Crippen LogP contribution in [0.4, 0.5) is 5.69 Å². The molecule has 0 saturated heterocycles. The first kappa shape index (κ1) is 17.9. The standard InChI is InChI=1S/C13H18N6O2.ClH/c1-9(7-14-2)13(20)16-10-4-5-12(21-3)11(6-10)19-8-15-17-18-19;/h4-6,8-9,14H,7H2,1-3H3,(H,16,20);1H. The van der Waals surface area contributed by atoms with Crippen LogP contribution in [0.15, 0.2) is 24.5 Å². The average molecular weight is 327 g/mol. The van der Waals surface area contributed by atoms with Crippen LogP contribution in [-0.2, 0) is 4.79 Å². The monoisotopic (exact) mass is 326 g/mol. The summed E-state index contributed by atoms with van der Waals surface area (Å²) in [5, 5.41) is 16.9. The lowest BCUT2D eigenvalue weighted by molar-refractivity contribution is -0.119. The van der Waals surface area contributed by atoms with E-state index in [-0.39, 0.29) is 24.2 Å². The quantitative estimate of drug-likeness (QED) is 0.818. The molecule has 1 heterocycles. The first-order valence-electron chi connectivity index (χ1n) is 6.52. The minimum Gasteiger partial charge on any atom is -0.494 e. The molecule has 0 aliphatic carbocycles. The van der Waals surface area contributed by atoms with Crippen molar-refractivity contribution in [3.8, 4) is 11.4 Å². The summed E-state index contributed by atoms with van der Waals surface area (Å²) in [6, 6.07) is 5.30. The van der Waals surface area contributed by atoms with Crippen LogP contribution in [0.5, 0.6) is 5.75 Å². The fourth-order valence-corrected chi connectivity index (χ4v) is 1.88. The van der Waals surface area contributed by atoms with E-state index >= 15 is 0 Å². The van der Waals surface area contributed by atoms with E-state index in [9.17, 15) is 4.79 Å². The number of tetrazole rings is 1. The number of benzene rings is 1. The smallest absolute Gasteiger partial charge is 0.228 e. The Morgan fingerprint density at radius 1 is 1.45 bits per heavy atom. The van der Waals surface area contributed by atoms with Gasteiger partial charge in [0.15, 0.2) is 0 Å². The molecule has 22 heavy (non-hydrogen) atoms. The van der Waals surface area contributed by atoms with Gasteiger partial charge in [-0.3, -0.25) is 4.79 Å². The Kier molecular flexibility index (Phi) is 6.74. The highest BCUT2D eigenvalue weighted by Gasteiger charge is 2.14. The van der Waals surface area contributed by atoms with Crippen molar-refractivity contribution in [1.82, 2.24) is 25.5 Å². The minimum absolute atomic E-state index is 0. The van der Waals surface area contributed by atoms with Crippen LogP contribution >= 0.6 is 12.4 Å². The molecule has 9 heteroatoms. The summed E-state index contributed by atoms with van der Waals surface area (Å²) >= 11 is 0. The van der Waals surface area contributed by atoms with E-state index in [1.807, 2.05) is 14.0 Å². The molecular formula is C13H19ClN6O2. The molecule has 0 saturated carbocycles. The Balaban J connectivity index is 0.00000242. The maximum Gasteiger partial charge on any atom is 0.228 e. The molecule has 0 bridgehead atoms. The number of amides is 1. The van der Waals surface area contributed by atoms with Crippen LogP contribution in [0.3, 0.4) is 0 Å². The van der Waals surface area contributed by atoms with Gasteiger partial charge in [-0.25, -0.2) is 0 Å². The molecule has 8 nitrogen and oxygen atoms in total. The molecule has 0 fully saturated rings. The third kappa shape index (κ3) is 4.15. The van der Waals surface area contributed by atoms with Gasteiger partial charge in [0, 0.05) is 18.2 Å². The highest BCUT2D eigenvalue weighted by molar-refractivity contribution is 5.92. The van der Waals surface area contributed by atoms with Crippen LogP contribution in [0.2, 0.25) is 0 Å². The SMILES string of the molecule is CNCC(C)C(=O)Nc1ccc(OC)c(-n2cnnn2)c1.Cl. The normalized spacial score (nSPS) is 11.4. The van der Waals surface area contributed by atoms with E-state index in [1.54, 1.807) is 25.3 Å². The van der Waals surface area contributed by atoms with Gasteiger partial charge in [-0.1, -0.05) is 6.92 Å². The Bertz CT molecular complexity index is 605. The molecule has 1 aromatic heterocycles. The summed E-state index contributed by atoms with van der Waals surface area (Å²) in [6.07, 6.45) is 1.47. The van der Waals surface area contributed by atoms with E-state index < -0.39 is 0 Å². The van der Waals surface area contributed by atoms with Crippen LogP contribution in [-0.4, -0.2) is 46.8 Å². The fourth-order valence-electron chi connectivity index (χ4n) is 1.88. The van der Waals surface area contributed by atoms with Gasteiger partial charge in [0.05, 0.1) is 7.11 Å². The predicted octanol–water partition coefficient (Wildman–Crippen LogP) is 0.887. The zero-order chi connectivity index (χ0) is 15.2. The van der Waals surface area contributed by atoms with Crippen LogP contribution in [0.25, 0.3) is 5.69 Å². The van der Waals surface area contributed by atoms with E-state index in [0.29, 0.717) is 23.7 Å². The molecule has 120 valence electrons. The van der Waals surface area contributed by atoms with Crippen molar-refractivity contribution in [2.24, 2.45) is 5.92 Å². The molecule has 1 aromatic carbocycles. The maximum absolute atomic E-state index is 12.0. The Morgan fingerprint density at radius 2 is 2.23 bits per heavy atom. The van der Waals surface area contributed by atoms with Gasteiger partial charge >= 0.3 is 0 Å². The summed E-state index contributed by atoms with van der Waals surface area (Å²) in [4.78, 5) is 12.0. The number of anilines is 1. The van der Waals surface area contributed by atoms with E-state index in [2.05, 4.69) is 26.2 Å². The number of rotatable bonds is 6. The summed E-state index contributed by atoms with van der Waals surface area (Å²) in [7, 11) is 3.38. The maximum atomic E-state index is 12.0. The third-order valence-electron chi connectivity index (χ3n) is 3.00. The average Bonchev–Trinajstić information content (AvgIpc) is 3.01. The lowest BCUT2D eigenvalue weighted by Crippen LogP contribution is -2.28. The number of halogens is 1. The lowest BCUT2D eigenvalue weighted by Gasteiger charge is -2.13. The minimum atomic E-state index is -0.131. The molecule has 2 aromatic rings. The number of carbonyl (C=O) groups excluding carboxylic acids is 1. The van der Waals surface area contributed by atoms with Gasteiger partial charge in [-0.2, -0.15) is 4.68 Å². The summed E-state index contributed by atoms with van der Waals surface area (Å²) in [5.41, 5.74) is 1.32. The zero-order valence-corrected chi connectivity index (χ0v) is 13.4. The van der Waals surface area contributed by atoms with Crippen molar-refractivity contribution >= 4 is 24.0 Å². The van der Waals surface area contributed by atoms with Gasteiger partial charge < -0.3 is 15.4 Å². The van der Waals surface area contributed by atoms with Gasteiger partial charge in [-0.15, -0.1) is 17.5 Å². The highest BCUT2D eigenvalue weighted by Crippen LogP contribution is 2.25. The number of hydrogen-bond acceptors (Lipinski definition) is 6. The van der Waals surface area contributed by atoms with E-state index in [4.69, 9.17) is 4.74 Å². The van der Waals surface area contributed by atoms with Crippen molar-refractivity contribution in [2.45, 2.75) is 6.92 Å². The van der Waals surface area contributed by atoms with Crippen molar-refractivity contribution in [1.29, 1.82) is 0 Å². The van der Waals surface area contributed by atoms with Gasteiger partial charge in [0.1, 0.15) is 17.8 Å². The van der Waals surface area contributed by atoms with E-state index in [0.717, 1.165) is 0 Å². The van der Waals surface area contributed by atoms with Crippen molar-refractivity contribution in [3.05, 3.63) is 24.5 Å². The molecule has 0 aliphatic rings. The van der Waals surface area contributed by atoms with Gasteiger partial charge in [-0.05, 0) is 35.7 Å². The Labute approximate surface area is 134 Å². The highest BCUT2D eigenvalue weighted by atomic mass is 35.5. The summed E-state index contributed by atoms with van der Waals surface area (Å²) in [6.45, 7) is 2.47. The number of nitrogens with one attached hydrogen (secondary N) is 2. The third-order valence-corrected chi connectivity index (χ3v) is 3.00. The molecule has 1 unspecified atom stereocenters. The van der Waals surface area contributed by atoms with Crippen LogP contribution in [0, 0.1) is 5.92 Å². The molecule has 0 spiro atoms. The molecule has 2 N–H and O–H groups in total. The molecule has 1 atom stereocenters. The number of aromatic nitrogens is 4. The number of hydrogen-bond donors (Lipinski definition) is 2. The Hall–Kier alpha value is -2.19. The fraction of sp³-hybridized carbons (Fsp3) is 0.385. The number of methoxy groups -OCH3 is 1. The van der Waals surface area contributed by atoms with E-state index in [1.165, 1.54) is 11.0 Å². The number of carbonyl (C=O) groups is 1. The molecule has 0 aliphatic heterocycles. The first-order valence-corrected chi connectivity index (χ1v) is 6.52. The van der Waals surface area contributed by atoms with Crippen molar-refractivity contribution < 1.29 is 9.53 Å². The predicted molar refractivity (Wildman–Crippen MR) is 84.7 cm³/mol. The van der Waals surface area contributed by atoms with Gasteiger partial charge in [0.2, 0.25) is 5.91 Å². The largest absolute Gasteiger partial charge is 0.494 e. The van der Waals surface area contributed by atoms with Crippen molar-refractivity contribution in [3.63, 3.8) is 0 Å². The van der Waals surface area contributed by atoms with Crippen LogP contribution < -0.4 is 15.4 Å². The van der Waals surface area contributed by atoms with Crippen molar-refractivity contribution in [2.75, 3.05) is 26.0 Å². The summed E-state index contributed by atoms with van der Waals surface area (Å²) in [5.74, 6) is 0.425. The van der Waals surface area contributed by atoms with Crippen LogP contribution in [0.1, 0.15) is 6.92 Å². The van der Waals surface area contributed by atoms with Gasteiger partial charge in [0.25, 0.3) is 0 Å². The molecule has 2 rings (SSSR count). The molecule has 0 radical (unpaired) electrons. The zero-order valence-electron chi connectivity index (χ0n) is 12.6. The summed E-state index contributed by atoms with van der Waals surface area (Å²) < 4.78 is 6.75. The first-order chi connectivity index (χ1) is 10.2.